The molecule has 7 nitrogen and oxygen atoms in total. The number of carbonyl (C=O) groups is 1. The van der Waals surface area contributed by atoms with E-state index in [9.17, 15) is 4.79 Å². The van der Waals surface area contributed by atoms with Gasteiger partial charge < -0.3 is 18.8 Å². The summed E-state index contributed by atoms with van der Waals surface area (Å²) in [5.41, 5.74) is 2.95. The molecule has 184 valence electrons. The molecule has 2 aromatic carbocycles. The predicted molar refractivity (Wildman–Crippen MR) is 144 cm³/mol. The van der Waals surface area contributed by atoms with E-state index < -0.39 is 0 Å². The summed E-state index contributed by atoms with van der Waals surface area (Å²) in [5, 5.41) is 2.77. The number of fused-ring (bicyclic) bond motifs is 2. The molecule has 36 heavy (non-hydrogen) atoms. The van der Waals surface area contributed by atoms with Crippen LogP contribution in [-0.2, 0) is 11.3 Å². The minimum absolute atomic E-state index is 0.318. The molecule has 0 fully saturated rings. The first-order valence-electron chi connectivity index (χ1n) is 11.5. The highest BCUT2D eigenvalue weighted by molar-refractivity contribution is 7.16. The number of carbonyl (C=O) groups excluding carboxylic acids is 1. The summed E-state index contributed by atoms with van der Waals surface area (Å²) in [6.45, 7) is 3.62. The SMILES string of the molecule is CCOCCn1c(=NC(=O)c2cc(-c3cccs3)nc3ccccc23)sc2cc(OC)c(OC)cc21. The number of thiophene rings is 1. The van der Waals surface area contributed by atoms with E-state index in [1.807, 2.05) is 71.5 Å². The summed E-state index contributed by atoms with van der Waals surface area (Å²) >= 11 is 3.02. The Kier molecular flexibility index (Phi) is 7.13. The van der Waals surface area contributed by atoms with E-state index in [-0.39, 0.29) is 5.91 Å². The number of nitrogens with zero attached hydrogens (tertiary/aromatic N) is 3. The standard InChI is InChI=1S/C27H25N3O4S2/c1-4-34-12-11-30-21-15-22(32-2)23(33-3)16-25(21)36-27(30)29-26(31)18-14-20(24-10-7-13-35-24)28-19-9-6-5-8-17(18)19/h5-10,13-16H,4,11-12H2,1-3H3. The van der Waals surface area contributed by atoms with Crippen molar-refractivity contribution in [3.63, 3.8) is 0 Å². The van der Waals surface area contributed by atoms with Crippen molar-refractivity contribution in [2.75, 3.05) is 27.4 Å². The first-order chi connectivity index (χ1) is 17.6. The van der Waals surface area contributed by atoms with Crippen LogP contribution in [0.1, 0.15) is 17.3 Å². The highest BCUT2D eigenvalue weighted by Gasteiger charge is 2.17. The van der Waals surface area contributed by atoms with Crippen LogP contribution in [0.25, 0.3) is 31.7 Å². The van der Waals surface area contributed by atoms with Crippen LogP contribution in [0.2, 0.25) is 0 Å². The Bertz CT molecular complexity index is 1600. The Morgan fingerprint density at radius 3 is 2.61 bits per heavy atom. The lowest BCUT2D eigenvalue weighted by Gasteiger charge is -2.09. The van der Waals surface area contributed by atoms with Crippen LogP contribution in [0.5, 0.6) is 11.5 Å². The van der Waals surface area contributed by atoms with Crippen molar-refractivity contribution in [1.29, 1.82) is 0 Å². The van der Waals surface area contributed by atoms with E-state index in [4.69, 9.17) is 19.2 Å². The number of aromatic nitrogens is 2. The number of amides is 1. The van der Waals surface area contributed by atoms with Gasteiger partial charge in [-0.05, 0) is 30.5 Å². The normalized spacial score (nSPS) is 11.9. The second-order valence-electron chi connectivity index (χ2n) is 7.87. The van der Waals surface area contributed by atoms with E-state index in [1.54, 1.807) is 25.6 Å². The number of ether oxygens (including phenoxy) is 3. The molecule has 0 atom stereocenters. The Labute approximate surface area is 216 Å². The maximum Gasteiger partial charge on any atom is 0.280 e. The van der Waals surface area contributed by atoms with Gasteiger partial charge in [0.2, 0.25) is 0 Å². The summed E-state index contributed by atoms with van der Waals surface area (Å²) in [7, 11) is 3.21. The van der Waals surface area contributed by atoms with Gasteiger partial charge in [-0.2, -0.15) is 4.99 Å². The van der Waals surface area contributed by atoms with Crippen molar-refractivity contribution in [3.8, 4) is 22.1 Å². The number of hydrogen-bond donors (Lipinski definition) is 0. The van der Waals surface area contributed by atoms with Crippen LogP contribution < -0.4 is 14.3 Å². The monoisotopic (exact) mass is 519 g/mol. The highest BCUT2D eigenvalue weighted by atomic mass is 32.1. The fraction of sp³-hybridized carbons (Fsp3) is 0.222. The van der Waals surface area contributed by atoms with Gasteiger partial charge in [0.25, 0.3) is 5.91 Å². The second-order valence-corrected chi connectivity index (χ2v) is 9.83. The molecular weight excluding hydrogens is 494 g/mol. The van der Waals surface area contributed by atoms with E-state index in [2.05, 4.69) is 4.99 Å². The van der Waals surface area contributed by atoms with Gasteiger partial charge >= 0.3 is 0 Å². The van der Waals surface area contributed by atoms with Crippen LogP contribution >= 0.6 is 22.7 Å². The average Bonchev–Trinajstić information content (AvgIpc) is 3.55. The molecule has 3 aromatic heterocycles. The number of rotatable bonds is 8. The molecule has 0 spiro atoms. The van der Waals surface area contributed by atoms with Crippen molar-refractivity contribution >= 4 is 49.7 Å². The third-order valence-corrected chi connectivity index (χ3v) is 7.70. The number of hydrogen-bond acceptors (Lipinski definition) is 7. The predicted octanol–water partition coefficient (Wildman–Crippen LogP) is 5.77. The van der Waals surface area contributed by atoms with Crippen molar-refractivity contribution in [3.05, 3.63) is 70.3 Å². The van der Waals surface area contributed by atoms with Gasteiger partial charge in [-0.1, -0.05) is 35.6 Å². The minimum atomic E-state index is -0.318. The summed E-state index contributed by atoms with van der Waals surface area (Å²) in [6.07, 6.45) is 0. The molecule has 9 heteroatoms. The van der Waals surface area contributed by atoms with Gasteiger partial charge in [-0.3, -0.25) is 4.79 Å². The summed E-state index contributed by atoms with van der Waals surface area (Å²) in [4.78, 5) is 24.7. The van der Waals surface area contributed by atoms with Crippen LogP contribution in [0.4, 0.5) is 0 Å². The van der Waals surface area contributed by atoms with Crippen LogP contribution in [0.3, 0.4) is 0 Å². The van der Waals surface area contributed by atoms with Crippen LogP contribution in [-0.4, -0.2) is 42.9 Å². The van der Waals surface area contributed by atoms with E-state index in [1.165, 1.54) is 11.3 Å². The van der Waals surface area contributed by atoms with Crippen molar-refractivity contribution in [1.82, 2.24) is 9.55 Å². The highest BCUT2D eigenvalue weighted by Crippen LogP contribution is 2.33. The molecule has 0 aliphatic carbocycles. The molecule has 0 saturated heterocycles. The summed E-state index contributed by atoms with van der Waals surface area (Å²) < 4.78 is 19.5. The van der Waals surface area contributed by atoms with E-state index >= 15 is 0 Å². The zero-order chi connectivity index (χ0) is 25.1. The molecule has 0 unspecified atom stereocenters. The van der Waals surface area contributed by atoms with Gasteiger partial charge in [0.05, 0.1) is 52.7 Å². The number of benzene rings is 2. The Morgan fingerprint density at radius 2 is 1.86 bits per heavy atom. The molecule has 0 aliphatic rings. The number of methoxy groups -OCH3 is 2. The number of para-hydroxylation sites is 1. The average molecular weight is 520 g/mol. The van der Waals surface area contributed by atoms with Gasteiger partial charge in [0, 0.05) is 30.7 Å². The quantitative estimate of drug-likeness (QED) is 0.243. The largest absolute Gasteiger partial charge is 0.493 e. The molecular formula is C27H25N3O4S2. The fourth-order valence-electron chi connectivity index (χ4n) is 4.05. The zero-order valence-corrected chi connectivity index (χ0v) is 21.8. The van der Waals surface area contributed by atoms with Gasteiger partial charge in [0.1, 0.15) is 0 Å². The lowest BCUT2D eigenvalue weighted by Crippen LogP contribution is -2.20. The Balaban J connectivity index is 1.68. The molecule has 5 rings (SSSR count). The minimum Gasteiger partial charge on any atom is -0.493 e. The lowest BCUT2D eigenvalue weighted by molar-refractivity contribution is 0.0998. The summed E-state index contributed by atoms with van der Waals surface area (Å²) in [5.74, 6) is 0.926. The van der Waals surface area contributed by atoms with Crippen molar-refractivity contribution in [2.45, 2.75) is 13.5 Å². The first-order valence-corrected chi connectivity index (χ1v) is 13.2. The molecule has 3 heterocycles. The molecule has 0 bridgehead atoms. The van der Waals surface area contributed by atoms with Gasteiger partial charge in [-0.25, -0.2) is 4.98 Å². The Hall–Kier alpha value is -3.53. The maximum atomic E-state index is 13.7. The van der Waals surface area contributed by atoms with Crippen molar-refractivity contribution < 1.29 is 19.0 Å². The smallest absolute Gasteiger partial charge is 0.280 e. The maximum absolute atomic E-state index is 13.7. The van der Waals surface area contributed by atoms with E-state index in [0.29, 0.717) is 41.6 Å². The lowest BCUT2D eigenvalue weighted by atomic mass is 10.1. The molecule has 1 amide bonds. The topological polar surface area (TPSA) is 74.9 Å². The third kappa shape index (κ3) is 4.65. The molecule has 0 N–H and O–H groups in total. The van der Waals surface area contributed by atoms with Gasteiger partial charge in [-0.15, -0.1) is 11.3 Å². The molecule has 5 aromatic rings. The van der Waals surface area contributed by atoms with Gasteiger partial charge in [0.15, 0.2) is 16.3 Å². The Morgan fingerprint density at radius 1 is 1.06 bits per heavy atom. The van der Waals surface area contributed by atoms with E-state index in [0.717, 1.165) is 31.7 Å². The zero-order valence-electron chi connectivity index (χ0n) is 20.2. The number of thiazole rings is 1. The summed E-state index contributed by atoms with van der Waals surface area (Å²) in [6, 6.07) is 17.3. The molecule has 0 saturated carbocycles. The van der Waals surface area contributed by atoms with Crippen LogP contribution in [0, 0.1) is 0 Å². The fourth-order valence-corrected chi connectivity index (χ4v) is 5.80. The van der Waals surface area contributed by atoms with Crippen LogP contribution in [0.15, 0.2) is 65.0 Å². The second kappa shape index (κ2) is 10.6. The molecule has 0 aliphatic heterocycles. The van der Waals surface area contributed by atoms with Crippen molar-refractivity contribution in [2.24, 2.45) is 4.99 Å². The molecule has 0 radical (unpaired) electrons. The third-order valence-electron chi connectivity index (χ3n) is 5.77. The first kappa shape index (κ1) is 24.2. The number of pyridine rings is 1.